The summed E-state index contributed by atoms with van der Waals surface area (Å²) in [6, 6.07) is 50.5. The zero-order valence-corrected chi connectivity index (χ0v) is 75.8. The molecule has 0 saturated carbocycles. The zero-order valence-electron chi connectivity index (χ0n) is 67.2. The lowest BCUT2D eigenvalue weighted by atomic mass is 9.79. The molecule has 0 aliphatic carbocycles. The molecule has 7 aromatic carbocycles. The molecule has 37 heteroatoms. The van der Waals surface area contributed by atoms with Crippen LogP contribution in [0.1, 0.15) is 16.7 Å². The third kappa shape index (κ3) is 19.4. The van der Waals surface area contributed by atoms with E-state index in [4.69, 9.17) is 57.5 Å². The lowest BCUT2D eigenvalue weighted by Crippen LogP contribution is -2.31. The summed E-state index contributed by atoms with van der Waals surface area (Å²) in [6.45, 7) is 5.67. The highest BCUT2D eigenvalue weighted by Gasteiger charge is 2.31. The number of halogens is 7. The number of hydrogen-bond acceptors (Lipinski definition) is 21. The van der Waals surface area contributed by atoms with Crippen LogP contribution in [0.2, 0.25) is 10.0 Å². The molecular weight excluding hydrogens is 1890 g/mol. The normalized spacial score (nSPS) is 11.3. The van der Waals surface area contributed by atoms with Gasteiger partial charge in [-0.1, -0.05) is 131 Å². The Bertz CT molecular complexity index is 7310. The molecule has 11 aromatic heterocycles. The average Bonchev–Trinajstić information content (AvgIpc) is 1.59. The van der Waals surface area contributed by atoms with E-state index in [2.05, 4.69) is 63.7 Å². The maximum absolute atomic E-state index is 14.6. The average molecular weight is 1960 g/mol. The van der Waals surface area contributed by atoms with Crippen LogP contribution in [0.15, 0.2) is 285 Å². The van der Waals surface area contributed by atoms with Crippen molar-refractivity contribution in [1.29, 1.82) is 0 Å². The predicted molar refractivity (Wildman–Crippen MR) is 499 cm³/mol. The van der Waals surface area contributed by atoms with Gasteiger partial charge in [-0.15, -0.1) is 0 Å². The van der Waals surface area contributed by atoms with Gasteiger partial charge < -0.3 is 44.0 Å². The Kier molecular flexibility index (Phi) is 29.2. The lowest BCUT2D eigenvalue weighted by molar-refractivity contribution is 0.382. The van der Waals surface area contributed by atoms with Crippen LogP contribution in [0.25, 0.3) is 99.8 Å². The number of methoxy groups -OCH3 is 4. The van der Waals surface area contributed by atoms with Gasteiger partial charge in [-0.2, -0.15) is 34.0 Å². The number of ether oxygens (including phenoxy) is 4. The number of H-pyrrole nitrogens is 1. The first-order chi connectivity index (χ1) is 60.4. The largest absolute Gasteiger partial charge is 0.494 e. The highest BCUT2D eigenvalue weighted by atomic mass is 127. The van der Waals surface area contributed by atoms with Gasteiger partial charge in [0.1, 0.15) is 5.65 Å². The fourth-order valence-corrected chi connectivity index (χ4v) is 21.0. The Morgan fingerprint density at radius 2 is 0.754 bits per heavy atom. The molecule has 642 valence electrons. The fourth-order valence-electron chi connectivity index (χ4n) is 13.4. The second kappa shape index (κ2) is 40.0. The molecule has 0 radical (unpaired) electrons. The van der Waals surface area contributed by atoms with Crippen molar-refractivity contribution in [3.05, 3.63) is 323 Å². The predicted octanol–water partition coefficient (Wildman–Crippen LogP) is 19.1. The van der Waals surface area contributed by atoms with Gasteiger partial charge in [-0.3, -0.25) is 0 Å². The molecule has 0 fully saturated rings. The number of benzene rings is 7. The first kappa shape index (κ1) is 92.1. The Morgan fingerprint density at radius 3 is 1.15 bits per heavy atom. The molecule has 0 bridgehead atoms. The molecule has 0 spiro atoms. The van der Waals surface area contributed by atoms with Gasteiger partial charge in [0.05, 0.1) is 58.6 Å². The van der Waals surface area contributed by atoms with E-state index >= 15 is 0 Å². The van der Waals surface area contributed by atoms with Gasteiger partial charge >= 0.3 is 14.2 Å². The number of aromatic nitrogens is 8. The van der Waals surface area contributed by atoms with Crippen LogP contribution in [0.4, 0.5) is 17.6 Å². The molecule has 0 unspecified atom stereocenters. The number of rotatable bonds is 17. The zero-order chi connectivity index (χ0) is 90.1. The summed E-state index contributed by atoms with van der Waals surface area (Å²) in [5.41, 5.74) is 12.3. The molecule has 5 N–H and O–H groups in total. The van der Waals surface area contributed by atoms with Crippen molar-refractivity contribution >= 4 is 179 Å². The van der Waals surface area contributed by atoms with Gasteiger partial charge in [0.15, 0.2) is 63.2 Å². The van der Waals surface area contributed by atoms with Crippen LogP contribution in [-0.2, 0) is 30.1 Å². The topological polar surface area (TPSA) is 302 Å². The molecule has 18 rings (SSSR count). The maximum atomic E-state index is 14.6. The molecule has 0 amide bonds. The van der Waals surface area contributed by atoms with Crippen molar-refractivity contribution in [2.75, 3.05) is 28.4 Å². The molecule has 11 heterocycles. The highest BCUT2D eigenvalue weighted by molar-refractivity contribution is 14.1. The van der Waals surface area contributed by atoms with Crippen molar-refractivity contribution in [3.8, 4) is 78.6 Å². The van der Waals surface area contributed by atoms with Crippen molar-refractivity contribution in [1.82, 2.24) is 36.8 Å². The summed E-state index contributed by atoms with van der Waals surface area (Å²) in [7, 11) is -9.13. The monoisotopic (exact) mass is 1960 g/mol. The third-order valence-corrected chi connectivity index (χ3v) is 28.0. The number of thiophene rings is 3. The summed E-state index contributed by atoms with van der Waals surface area (Å²) in [4.78, 5) is 20.9. The van der Waals surface area contributed by atoms with E-state index in [-0.39, 0.29) is 60.3 Å². The standard InChI is InChI=1S/C25H19FN2O3S2.C21H16ClFN2O3S.C18H13FN2OS.C14H10ClIN2O2S.C7H8BFO3.C4H5BO2S/c1-16-6-8-18(9-7-16)33(29,30)28-14-21(20-4-3-5-22(26)24(20)31-2)23-19(10-12-27-25(23)28)17-11-13-32-15-17;1-13-6-8-14(9-7-13)29(26,27)25-12-16(19-17(22)10-11-24-21(19)25)15-4-3-5-18(23)20(15)28-2;1-22-17-13(3-2-4-15(17)19)14-9-21-18-16(14)12(5-7-20-18)11-6-8-23-10-11;1-9-2-4-10(5-3-9)21(19,20)18-8-12(16)13-11(15)6-7-17-14(13)18;1-12-7-5(8(10)11)3-2-4-6(7)9;6-5(7)4-1-2-8-3-4/h3-15H,1-2H3;3-12H,1-2H3;2-10H,1H3,(H,20,21);2-8H,1H3;2-4,10-11H,1H3;1-3,6-7H. The third-order valence-electron chi connectivity index (χ3n) is 19.5. The van der Waals surface area contributed by atoms with Crippen molar-refractivity contribution in [2.24, 2.45) is 0 Å². The quantitative estimate of drug-likeness (QED) is 0.0321. The van der Waals surface area contributed by atoms with Crippen LogP contribution >= 0.6 is 79.8 Å². The van der Waals surface area contributed by atoms with E-state index in [1.807, 2.05) is 67.4 Å². The lowest BCUT2D eigenvalue weighted by Gasteiger charge is -2.10. The molecule has 0 saturated heterocycles. The van der Waals surface area contributed by atoms with Gasteiger partial charge in [0.2, 0.25) is 0 Å². The van der Waals surface area contributed by atoms with E-state index in [0.29, 0.717) is 65.1 Å². The van der Waals surface area contributed by atoms with Crippen molar-refractivity contribution in [3.63, 3.8) is 0 Å². The molecule has 0 aliphatic heterocycles. The smallest absolute Gasteiger partial charge is 0.492 e. The Labute approximate surface area is 757 Å². The van der Waals surface area contributed by atoms with Gasteiger partial charge in [-0.25, -0.2) is 74.7 Å². The van der Waals surface area contributed by atoms with E-state index in [0.717, 1.165) is 63.1 Å². The number of fused-ring (bicyclic) bond motifs is 4. The summed E-state index contributed by atoms with van der Waals surface area (Å²) in [5.74, 6) is -1.92. The van der Waals surface area contributed by atoms with Crippen LogP contribution in [0.5, 0.6) is 23.0 Å². The number of nitrogens with one attached hydrogen (secondary N) is 1. The van der Waals surface area contributed by atoms with Crippen molar-refractivity contribution < 1.29 is 81.9 Å². The number of nitrogens with zero attached hydrogens (tertiary/aromatic N) is 7. The molecular formula is C89H71B2Cl2F4IN8O14S6. The Morgan fingerprint density at radius 1 is 0.389 bits per heavy atom. The molecule has 0 atom stereocenters. The summed E-state index contributed by atoms with van der Waals surface area (Å²) in [6.07, 6.45) is 12.6. The van der Waals surface area contributed by atoms with E-state index < -0.39 is 61.8 Å². The second-order valence-corrected chi connectivity index (χ2v) is 37.1. The SMILES string of the molecule is COc1c(F)cccc1-c1c[nH]c2nccc(-c3ccsc3)c12.COc1c(F)cccc1-c1cn(S(=O)(=O)c2ccc(C)cc2)c2nccc(-c3ccsc3)c12.COc1c(F)cccc1-c1cn(S(=O)(=O)c2ccc(C)cc2)c2nccc(Cl)c12.COc1c(F)cccc1B(O)O.Cc1ccc(S(=O)(=O)n2cc(I)c3c(Cl)ccnc32)cc1.OB(O)c1ccsc1. The van der Waals surface area contributed by atoms with Gasteiger partial charge in [-0.05, 0) is 200 Å². The number of aromatic amines is 1. The summed E-state index contributed by atoms with van der Waals surface area (Å²) in [5, 5.41) is 49.5. The van der Waals surface area contributed by atoms with E-state index in [1.165, 1.54) is 138 Å². The van der Waals surface area contributed by atoms with Crippen LogP contribution in [0.3, 0.4) is 0 Å². The summed E-state index contributed by atoms with van der Waals surface area (Å²) < 4.78 is 160. The minimum atomic E-state index is -3.96. The minimum absolute atomic E-state index is 0.000737. The molecule has 0 aliphatic rings. The van der Waals surface area contributed by atoms with Crippen LogP contribution < -0.4 is 29.9 Å². The fraction of sp³-hybridized carbons (Fsp3) is 0.0787. The first-order valence-corrected chi connectivity index (χ1v) is 46.4. The highest BCUT2D eigenvalue weighted by Crippen LogP contribution is 2.46. The maximum Gasteiger partial charge on any atom is 0.492 e. The van der Waals surface area contributed by atoms with Gasteiger partial charge in [0, 0.05) is 108 Å². The molecule has 18 aromatic rings. The number of aryl methyl sites for hydroxylation is 3. The molecule has 126 heavy (non-hydrogen) atoms. The van der Waals surface area contributed by atoms with Crippen molar-refractivity contribution in [2.45, 2.75) is 35.5 Å². The molecule has 22 nitrogen and oxygen atoms in total. The number of hydrogen-bond donors (Lipinski definition) is 5. The second-order valence-electron chi connectivity index (χ2n) is 27.4. The van der Waals surface area contributed by atoms with Crippen LogP contribution in [0, 0.1) is 47.6 Å². The van der Waals surface area contributed by atoms with E-state index in [9.17, 15) is 42.8 Å². The number of para-hydroxylation sites is 4. The minimum Gasteiger partial charge on any atom is -0.494 e. The van der Waals surface area contributed by atoms with E-state index in [1.54, 1.807) is 144 Å². The summed E-state index contributed by atoms with van der Waals surface area (Å²) >= 11 is 19.2. The first-order valence-electron chi connectivity index (χ1n) is 37.4. The Balaban J connectivity index is 0.000000135. The number of pyridine rings is 4. The van der Waals surface area contributed by atoms with Crippen LogP contribution in [-0.4, -0.2) is 125 Å². The van der Waals surface area contributed by atoms with Gasteiger partial charge in [0.25, 0.3) is 30.1 Å². The Hall–Kier alpha value is -11.6.